The molecular formula is C27H26N4O3. The molecule has 4 aromatic rings. The zero-order valence-electron chi connectivity index (χ0n) is 19.0. The number of ether oxygens (including phenoxy) is 1. The lowest BCUT2D eigenvalue weighted by atomic mass is 10.2. The van der Waals surface area contributed by atoms with Crippen LogP contribution >= 0.6 is 0 Å². The van der Waals surface area contributed by atoms with Gasteiger partial charge in [0.1, 0.15) is 11.6 Å². The molecule has 0 bridgehead atoms. The van der Waals surface area contributed by atoms with E-state index in [9.17, 15) is 9.59 Å². The molecule has 0 unspecified atom stereocenters. The summed E-state index contributed by atoms with van der Waals surface area (Å²) in [5.74, 6) is 1.58. The predicted octanol–water partition coefficient (Wildman–Crippen LogP) is 4.16. The molecule has 1 aliphatic heterocycles. The minimum atomic E-state index is -0.187. The van der Waals surface area contributed by atoms with Gasteiger partial charge in [-0.15, -0.1) is 0 Å². The average Bonchev–Trinajstić information content (AvgIpc) is 3.32. The number of piperazine rings is 1. The molecule has 0 spiro atoms. The van der Waals surface area contributed by atoms with E-state index in [1.165, 1.54) is 0 Å². The van der Waals surface area contributed by atoms with E-state index < -0.39 is 0 Å². The summed E-state index contributed by atoms with van der Waals surface area (Å²) in [5.41, 5.74) is 2.97. The molecule has 7 nitrogen and oxygen atoms in total. The van der Waals surface area contributed by atoms with Crippen molar-refractivity contribution in [2.45, 2.75) is 0 Å². The molecule has 2 aromatic heterocycles. The van der Waals surface area contributed by atoms with E-state index in [1.54, 1.807) is 13.2 Å². The first-order valence-electron chi connectivity index (χ1n) is 11.3. The van der Waals surface area contributed by atoms with Gasteiger partial charge in [-0.25, -0.2) is 0 Å². The van der Waals surface area contributed by atoms with E-state index in [0.717, 1.165) is 30.0 Å². The van der Waals surface area contributed by atoms with Crippen LogP contribution in [0.25, 0.3) is 5.52 Å². The van der Waals surface area contributed by atoms with E-state index in [4.69, 9.17) is 4.74 Å². The molecule has 172 valence electrons. The third kappa shape index (κ3) is 4.32. The van der Waals surface area contributed by atoms with Crippen LogP contribution in [0.1, 0.15) is 20.7 Å². The Morgan fingerprint density at radius 3 is 2.35 bits per heavy atom. The lowest BCUT2D eigenvalue weighted by Gasteiger charge is -2.36. The van der Waals surface area contributed by atoms with Crippen molar-refractivity contribution in [2.24, 2.45) is 0 Å². The Morgan fingerprint density at radius 1 is 0.824 bits per heavy atom. The summed E-state index contributed by atoms with van der Waals surface area (Å²) in [6.07, 6.45) is 1.86. The maximum Gasteiger partial charge on any atom is 0.257 e. The zero-order valence-corrected chi connectivity index (χ0v) is 19.0. The van der Waals surface area contributed by atoms with Crippen molar-refractivity contribution in [1.29, 1.82) is 0 Å². The number of methoxy groups -OCH3 is 1. The summed E-state index contributed by atoms with van der Waals surface area (Å²) in [4.78, 5) is 29.8. The number of hydrogen-bond donors (Lipinski definition) is 1. The van der Waals surface area contributed by atoms with Crippen LogP contribution in [0, 0.1) is 0 Å². The molecule has 1 aliphatic rings. The van der Waals surface area contributed by atoms with E-state index in [-0.39, 0.29) is 11.8 Å². The molecule has 1 fully saturated rings. The van der Waals surface area contributed by atoms with Gasteiger partial charge in [0.25, 0.3) is 11.8 Å². The zero-order chi connectivity index (χ0) is 23.5. The largest absolute Gasteiger partial charge is 0.497 e. The Bertz CT molecular complexity index is 1320. The van der Waals surface area contributed by atoms with Crippen molar-refractivity contribution < 1.29 is 14.3 Å². The molecule has 1 saturated heterocycles. The average molecular weight is 455 g/mol. The van der Waals surface area contributed by atoms with Crippen LogP contribution in [-0.2, 0) is 0 Å². The number of benzene rings is 2. The van der Waals surface area contributed by atoms with Crippen LogP contribution in [0.3, 0.4) is 0 Å². The maximum atomic E-state index is 12.9. The summed E-state index contributed by atoms with van der Waals surface area (Å²) in [7, 11) is 1.60. The van der Waals surface area contributed by atoms with Crippen LogP contribution < -0.4 is 15.0 Å². The Kier molecular flexibility index (Phi) is 5.91. The van der Waals surface area contributed by atoms with Gasteiger partial charge in [0.2, 0.25) is 0 Å². The molecular weight excluding hydrogens is 428 g/mol. The SMILES string of the molecule is COc1cccc(NC(=O)c2ccc3ccc(N4CCN(C(=O)c5ccccc5)CC4)n3c2)c1. The number of fused-ring (bicyclic) bond motifs is 1. The fraction of sp³-hybridized carbons (Fsp3) is 0.185. The lowest BCUT2D eigenvalue weighted by molar-refractivity contribution is 0.0746. The van der Waals surface area contributed by atoms with Gasteiger partial charge in [-0.05, 0) is 48.5 Å². The number of hydrogen-bond acceptors (Lipinski definition) is 4. The fourth-order valence-electron chi connectivity index (χ4n) is 4.28. The smallest absolute Gasteiger partial charge is 0.257 e. The minimum absolute atomic E-state index is 0.0665. The van der Waals surface area contributed by atoms with Gasteiger partial charge >= 0.3 is 0 Å². The van der Waals surface area contributed by atoms with Crippen LogP contribution in [0.2, 0.25) is 0 Å². The summed E-state index contributed by atoms with van der Waals surface area (Å²) >= 11 is 0. The topological polar surface area (TPSA) is 66.3 Å². The molecule has 0 saturated carbocycles. The van der Waals surface area contributed by atoms with Gasteiger partial charge in [-0.2, -0.15) is 0 Å². The second kappa shape index (κ2) is 9.31. The summed E-state index contributed by atoms with van der Waals surface area (Å²) < 4.78 is 7.27. The predicted molar refractivity (Wildman–Crippen MR) is 133 cm³/mol. The Labute approximate surface area is 198 Å². The number of anilines is 2. The van der Waals surface area contributed by atoms with E-state index in [0.29, 0.717) is 30.1 Å². The van der Waals surface area contributed by atoms with Crippen LogP contribution in [-0.4, -0.2) is 54.4 Å². The molecule has 1 N–H and O–H groups in total. The first-order chi connectivity index (χ1) is 16.6. The molecule has 0 radical (unpaired) electrons. The minimum Gasteiger partial charge on any atom is -0.497 e. The molecule has 7 heteroatoms. The molecule has 3 heterocycles. The molecule has 2 amide bonds. The highest BCUT2D eigenvalue weighted by molar-refractivity contribution is 6.04. The van der Waals surface area contributed by atoms with Gasteiger partial charge < -0.3 is 24.3 Å². The highest BCUT2D eigenvalue weighted by Gasteiger charge is 2.23. The number of carbonyl (C=O) groups is 2. The van der Waals surface area contributed by atoms with Crippen LogP contribution in [0.15, 0.2) is 85.1 Å². The van der Waals surface area contributed by atoms with Crippen LogP contribution in [0.5, 0.6) is 5.75 Å². The summed E-state index contributed by atoms with van der Waals surface area (Å²) in [6, 6.07) is 24.6. The first-order valence-corrected chi connectivity index (χ1v) is 11.3. The van der Waals surface area contributed by atoms with E-state index in [1.807, 2.05) is 82.2 Å². The number of rotatable bonds is 5. The van der Waals surface area contributed by atoms with E-state index in [2.05, 4.69) is 16.3 Å². The number of amides is 2. The van der Waals surface area contributed by atoms with Gasteiger partial charge in [0.15, 0.2) is 0 Å². The van der Waals surface area contributed by atoms with Gasteiger partial charge in [0, 0.05) is 55.2 Å². The summed E-state index contributed by atoms with van der Waals surface area (Å²) in [6.45, 7) is 2.75. The second-order valence-corrected chi connectivity index (χ2v) is 8.24. The van der Waals surface area contributed by atoms with E-state index >= 15 is 0 Å². The molecule has 34 heavy (non-hydrogen) atoms. The number of aromatic nitrogens is 1. The van der Waals surface area contributed by atoms with Gasteiger partial charge in [0.05, 0.1) is 12.7 Å². The van der Waals surface area contributed by atoms with Crippen molar-refractivity contribution in [3.05, 3.63) is 96.2 Å². The van der Waals surface area contributed by atoms with Gasteiger partial charge in [-0.3, -0.25) is 9.59 Å². The highest BCUT2D eigenvalue weighted by Crippen LogP contribution is 2.23. The normalized spacial score (nSPS) is 13.7. The second-order valence-electron chi connectivity index (χ2n) is 8.24. The molecule has 5 rings (SSSR count). The molecule has 2 aromatic carbocycles. The Morgan fingerprint density at radius 2 is 1.59 bits per heavy atom. The quantitative estimate of drug-likeness (QED) is 0.492. The first kappa shape index (κ1) is 21.6. The molecule has 0 aliphatic carbocycles. The maximum absolute atomic E-state index is 12.9. The van der Waals surface area contributed by atoms with Crippen molar-refractivity contribution in [1.82, 2.24) is 9.30 Å². The van der Waals surface area contributed by atoms with Gasteiger partial charge in [-0.1, -0.05) is 24.3 Å². The number of nitrogens with one attached hydrogen (secondary N) is 1. The molecule has 0 atom stereocenters. The number of pyridine rings is 1. The summed E-state index contributed by atoms with van der Waals surface area (Å²) in [5, 5.41) is 2.93. The van der Waals surface area contributed by atoms with Crippen molar-refractivity contribution in [3.8, 4) is 5.75 Å². The van der Waals surface area contributed by atoms with Crippen LogP contribution in [0.4, 0.5) is 11.5 Å². The van der Waals surface area contributed by atoms with Crippen molar-refractivity contribution in [2.75, 3.05) is 43.5 Å². The standard InChI is InChI=1S/C27H26N4O3/c1-34-24-9-5-8-22(18-24)28-26(32)21-10-11-23-12-13-25(31(23)19-21)29-14-16-30(17-15-29)27(33)20-6-3-2-4-7-20/h2-13,18-19H,14-17H2,1H3,(H,28,32). The third-order valence-corrected chi connectivity index (χ3v) is 6.13. The number of carbonyl (C=O) groups excluding carboxylic acids is 2. The Balaban J connectivity index is 1.30. The van der Waals surface area contributed by atoms with Crippen molar-refractivity contribution >= 4 is 28.8 Å². The number of nitrogens with zero attached hydrogens (tertiary/aromatic N) is 3. The third-order valence-electron chi connectivity index (χ3n) is 6.13. The monoisotopic (exact) mass is 454 g/mol. The fourth-order valence-corrected chi connectivity index (χ4v) is 4.28. The van der Waals surface area contributed by atoms with Crippen molar-refractivity contribution in [3.63, 3.8) is 0 Å². The highest BCUT2D eigenvalue weighted by atomic mass is 16.5. The lowest BCUT2D eigenvalue weighted by Crippen LogP contribution is -2.49. The Hall–Kier alpha value is -4.26.